The maximum absolute atomic E-state index is 6.91. The maximum Gasteiger partial charge on any atom is 0.494 e. The summed E-state index contributed by atoms with van der Waals surface area (Å²) in [5.41, 5.74) is 2.44. The van der Waals surface area contributed by atoms with Gasteiger partial charge in [-0.25, -0.2) is 0 Å². The zero-order valence-corrected chi connectivity index (χ0v) is 23.0. The van der Waals surface area contributed by atoms with Crippen LogP contribution >= 0.6 is 0 Å². The first-order chi connectivity index (χ1) is 18.3. The Labute approximate surface area is 225 Å². The average molecular weight is 511 g/mol. The molecule has 2 aliphatic carbocycles. The third-order valence-corrected chi connectivity index (χ3v) is 9.12. The van der Waals surface area contributed by atoms with Crippen molar-refractivity contribution in [1.29, 1.82) is 0 Å². The Kier molecular flexibility index (Phi) is 10.3. The van der Waals surface area contributed by atoms with Crippen molar-refractivity contribution < 1.29 is 9.31 Å². The Morgan fingerprint density at radius 1 is 0.595 bits per heavy atom. The molecule has 2 aliphatic heterocycles. The van der Waals surface area contributed by atoms with Crippen LogP contribution in [0.25, 0.3) is 0 Å². The highest BCUT2D eigenvalue weighted by atomic mass is 16.6. The van der Waals surface area contributed by atoms with Gasteiger partial charge in [0.25, 0.3) is 0 Å². The molecule has 0 bridgehead atoms. The standard InChI is InChI=1S/C29H50BN5O2/c1-3-11-28(12-4-1)29(13-5-2-6-14-29)37-30(36-28)27-9-7-26(8-10-27)25-35-23-21-33-19-17-31-15-16-32-18-20-34-22-24-35/h7-10,31-34H,1-6,11-25H2/i30-1. The Morgan fingerprint density at radius 2 is 1.03 bits per heavy atom. The molecular weight excluding hydrogens is 460 g/mol. The largest absolute Gasteiger partial charge is 0.494 e. The van der Waals surface area contributed by atoms with Crippen LogP contribution in [0.15, 0.2) is 24.3 Å². The maximum atomic E-state index is 6.91. The summed E-state index contributed by atoms with van der Waals surface area (Å²) in [6.45, 7) is 11.3. The van der Waals surface area contributed by atoms with Gasteiger partial charge >= 0.3 is 7.12 Å². The van der Waals surface area contributed by atoms with Gasteiger partial charge in [-0.3, -0.25) is 4.90 Å². The first-order valence-electron chi connectivity index (χ1n) is 15.3. The quantitative estimate of drug-likeness (QED) is 0.464. The van der Waals surface area contributed by atoms with Crippen LogP contribution in [0.2, 0.25) is 0 Å². The Balaban J connectivity index is 1.19. The summed E-state index contributed by atoms with van der Waals surface area (Å²) in [5, 5.41) is 14.2. The zero-order valence-electron chi connectivity index (χ0n) is 23.0. The molecule has 4 N–H and O–H groups in total. The monoisotopic (exact) mass is 510 g/mol. The molecule has 2 saturated carbocycles. The summed E-state index contributed by atoms with van der Waals surface area (Å²) in [5.74, 6) is 0. The van der Waals surface area contributed by atoms with Gasteiger partial charge in [0.1, 0.15) is 0 Å². The molecule has 4 aliphatic rings. The molecule has 37 heavy (non-hydrogen) atoms. The van der Waals surface area contributed by atoms with Crippen molar-refractivity contribution in [2.75, 3.05) is 65.4 Å². The Hall–Kier alpha value is -0.995. The van der Waals surface area contributed by atoms with E-state index < -0.39 is 0 Å². The average Bonchev–Trinajstić information content (AvgIpc) is 3.20. The molecule has 0 amide bonds. The first-order valence-corrected chi connectivity index (χ1v) is 15.3. The molecule has 2 spiro atoms. The van der Waals surface area contributed by atoms with Crippen molar-refractivity contribution in [3.63, 3.8) is 0 Å². The molecule has 7 nitrogen and oxygen atoms in total. The van der Waals surface area contributed by atoms with Crippen LogP contribution in [0.3, 0.4) is 0 Å². The van der Waals surface area contributed by atoms with Crippen molar-refractivity contribution >= 4 is 12.6 Å². The van der Waals surface area contributed by atoms with Crippen molar-refractivity contribution in [3.05, 3.63) is 29.8 Å². The fourth-order valence-electron chi connectivity index (χ4n) is 6.99. The molecule has 2 saturated heterocycles. The highest BCUT2D eigenvalue weighted by Crippen LogP contribution is 2.53. The lowest BCUT2D eigenvalue weighted by molar-refractivity contribution is -0.0923. The van der Waals surface area contributed by atoms with Crippen molar-refractivity contribution in [1.82, 2.24) is 26.2 Å². The molecule has 0 atom stereocenters. The number of benzene rings is 1. The second kappa shape index (κ2) is 13.9. The van der Waals surface area contributed by atoms with Gasteiger partial charge in [-0.2, -0.15) is 0 Å². The SMILES string of the molecule is c1cc([10B]2OC3(CCCCC3)C3(CCCCC3)O2)ccc1CN1CCNCCNCCNCCNCC1. The number of nitrogens with zero attached hydrogens (tertiary/aromatic N) is 1. The van der Waals surface area contributed by atoms with E-state index in [9.17, 15) is 0 Å². The molecular formula is C29H50BN5O2. The summed E-state index contributed by atoms with van der Waals surface area (Å²) in [6.07, 6.45) is 12.5. The van der Waals surface area contributed by atoms with E-state index in [0.29, 0.717) is 0 Å². The summed E-state index contributed by atoms with van der Waals surface area (Å²) >= 11 is 0. The third kappa shape index (κ3) is 7.15. The predicted octanol–water partition coefficient (Wildman–Crippen LogP) is 2.01. The Morgan fingerprint density at radius 3 is 1.49 bits per heavy atom. The van der Waals surface area contributed by atoms with E-state index in [2.05, 4.69) is 50.4 Å². The zero-order chi connectivity index (χ0) is 25.2. The summed E-state index contributed by atoms with van der Waals surface area (Å²) in [7, 11) is -0.209. The van der Waals surface area contributed by atoms with Crippen LogP contribution < -0.4 is 26.7 Å². The van der Waals surface area contributed by atoms with Gasteiger partial charge in [0.2, 0.25) is 0 Å². The molecule has 1 aromatic rings. The molecule has 0 unspecified atom stereocenters. The van der Waals surface area contributed by atoms with E-state index in [1.54, 1.807) is 0 Å². The minimum Gasteiger partial charge on any atom is -0.399 e. The van der Waals surface area contributed by atoms with E-state index in [-0.39, 0.29) is 18.3 Å². The fourth-order valence-corrected chi connectivity index (χ4v) is 6.99. The van der Waals surface area contributed by atoms with E-state index in [1.807, 2.05) is 0 Å². The molecule has 4 fully saturated rings. The lowest BCUT2D eigenvalue weighted by Crippen LogP contribution is -2.53. The normalized spacial score (nSPS) is 26.6. The van der Waals surface area contributed by atoms with Crippen LogP contribution in [0.1, 0.15) is 69.8 Å². The van der Waals surface area contributed by atoms with Crippen LogP contribution in [0.5, 0.6) is 0 Å². The number of hydrogen-bond donors (Lipinski definition) is 4. The fraction of sp³-hybridized carbons (Fsp3) is 0.793. The second-order valence-corrected chi connectivity index (χ2v) is 11.7. The Bertz CT molecular complexity index is 756. The lowest BCUT2D eigenvalue weighted by Gasteiger charge is -2.48. The smallest absolute Gasteiger partial charge is 0.399 e. The van der Waals surface area contributed by atoms with Gasteiger partial charge in [-0.15, -0.1) is 0 Å². The highest BCUT2D eigenvalue weighted by Gasteiger charge is 2.61. The van der Waals surface area contributed by atoms with Crippen molar-refractivity contribution in [2.45, 2.75) is 82.0 Å². The molecule has 8 heteroatoms. The van der Waals surface area contributed by atoms with E-state index in [4.69, 9.17) is 9.31 Å². The number of hydrogen-bond acceptors (Lipinski definition) is 7. The molecule has 0 radical (unpaired) electrons. The second-order valence-electron chi connectivity index (χ2n) is 11.7. The predicted molar refractivity (Wildman–Crippen MR) is 152 cm³/mol. The summed E-state index contributed by atoms with van der Waals surface area (Å²) in [4.78, 5) is 2.56. The van der Waals surface area contributed by atoms with E-state index in [0.717, 1.165) is 72.0 Å². The minimum atomic E-state index is -0.209. The third-order valence-electron chi connectivity index (χ3n) is 9.12. The molecule has 1 aromatic carbocycles. The molecule has 0 aromatic heterocycles. The van der Waals surface area contributed by atoms with Crippen LogP contribution in [0, 0.1) is 0 Å². The molecule has 2 heterocycles. The first kappa shape index (κ1) is 27.6. The van der Waals surface area contributed by atoms with Gasteiger partial charge < -0.3 is 30.6 Å². The van der Waals surface area contributed by atoms with Gasteiger partial charge in [0, 0.05) is 72.0 Å². The minimum absolute atomic E-state index is 0.0592. The number of fused-ring (bicyclic) bond motifs is 1. The summed E-state index contributed by atoms with van der Waals surface area (Å²) < 4.78 is 13.8. The van der Waals surface area contributed by atoms with Gasteiger partial charge in [0.15, 0.2) is 0 Å². The van der Waals surface area contributed by atoms with Gasteiger partial charge in [0.05, 0.1) is 11.2 Å². The molecule has 206 valence electrons. The van der Waals surface area contributed by atoms with Crippen molar-refractivity contribution in [2.24, 2.45) is 0 Å². The van der Waals surface area contributed by atoms with E-state index in [1.165, 1.54) is 75.2 Å². The topological polar surface area (TPSA) is 69.8 Å². The molecule has 5 rings (SSSR count). The van der Waals surface area contributed by atoms with E-state index >= 15 is 0 Å². The van der Waals surface area contributed by atoms with Crippen LogP contribution in [-0.4, -0.2) is 88.7 Å². The lowest BCUT2D eigenvalue weighted by atomic mass is 9.25. The summed E-state index contributed by atoms with van der Waals surface area (Å²) in [6, 6.07) is 9.12. The highest BCUT2D eigenvalue weighted by molar-refractivity contribution is 6.62. The van der Waals surface area contributed by atoms with Gasteiger partial charge in [-0.1, -0.05) is 62.8 Å². The number of rotatable bonds is 3. The van der Waals surface area contributed by atoms with Crippen LogP contribution in [-0.2, 0) is 15.9 Å². The number of nitrogens with one attached hydrogen (secondary N) is 4. The van der Waals surface area contributed by atoms with Crippen LogP contribution in [0.4, 0.5) is 0 Å². The van der Waals surface area contributed by atoms with Crippen molar-refractivity contribution in [3.8, 4) is 0 Å². The van der Waals surface area contributed by atoms with Gasteiger partial charge in [-0.05, 0) is 36.7 Å².